The smallest absolute Gasteiger partial charge is 0.333 e. The fourth-order valence-electron chi connectivity index (χ4n) is 1.63. The fourth-order valence-corrected chi connectivity index (χ4v) is 1.63. The number of carboxylic acid groups (broad SMARTS) is 3. The van der Waals surface area contributed by atoms with Crippen molar-refractivity contribution in [1.29, 1.82) is 0 Å². The van der Waals surface area contributed by atoms with E-state index in [0.29, 0.717) is 13.1 Å². The zero-order valence-corrected chi connectivity index (χ0v) is 13.3. The molecular formula is C13H23NO10. The van der Waals surface area contributed by atoms with Crippen LogP contribution in [0.2, 0.25) is 0 Å². The third-order valence-corrected chi connectivity index (χ3v) is 2.97. The van der Waals surface area contributed by atoms with Gasteiger partial charge in [0.25, 0.3) is 0 Å². The second kappa shape index (κ2) is 12.6. The first-order valence-electron chi connectivity index (χ1n) is 7.13. The van der Waals surface area contributed by atoms with Crippen LogP contribution in [0.5, 0.6) is 0 Å². The van der Waals surface area contributed by atoms with Gasteiger partial charge in [0.05, 0.1) is 26.2 Å². The van der Waals surface area contributed by atoms with E-state index in [9.17, 15) is 14.4 Å². The number of hydrogen-bond donors (Lipinski definition) is 4. The van der Waals surface area contributed by atoms with Crippen molar-refractivity contribution < 1.29 is 49.3 Å². The van der Waals surface area contributed by atoms with Gasteiger partial charge in [0.15, 0.2) is 12.2 Å². The normalized spacial score (nSPS) is 13.6. The molecule has 24 heavy (non-hydrogen) atoms. The average Bonchev–Trinajstić information content (AvgIpc) is 2.48. The summed E-state index contributed by atoms with van der Waals surface area (Å²) in [5.74, 6) is -3.79. The standard InChI is InChI=1S/C13H23NO10/c1-14(3-6-22-9(12(17)18)2-5-24-21)4-7-23-10(13(19)20)8-11(15)16/h9-10,21H,2-8H2,1H3,(H,15,16)(H,17,18)(H,19,20). The number of rotatable bonds is 15. The first-order valence-corrected chi connectivity index (χ1v) is 7.13. The van der Waals surface area contributed by atoms with Gasteiger partial charge in [-0.15, -0.1) is 0 Å². The highest BCUT2D eigenvalue weighted by Crippen LogP contribution is 2.01. The van der Waals surface area contributed by atoms with Crippen molar-refractivity contribution in [3.05, 3.63) is 0 Å². The number of nitrogens with zero attached hydrogens (tertiary/aromatic N) is 1. The molecule has 140 valence electrons. The van der Waals surface area contributed by atoms with Gasteiger partial charge in [-0.1, -0.05) is 0 Å². The summed E-state index contributed by atoms with van der Waals surface area (Å²) in [5, 5.41) is 34.5. The second-order valence-electron chi connectivity index (χ2n) is 4.92. The Labute approximate surface area is 138 Å². The Morgan fingerprint density at radius 2 is 1.42 bits per heavy atom. The van der Waals surface area contributed by atoms with Crippen LogP contribution in [0, 0.1) is 0 Å². The van der Waals surface area contributed by atoms with E-state index in [1.807, 2.05) is 0 Å². The van der Waals surface area contributed by atoms with Gasteiger partial charge in [-0.05, 0) is 7.05 Å². The first kappa shape index (κ1) is 22.2. The molecule has 0 radical (unpaired) electrons. The van der Waals surface area contributed by atoms with Crippen LogP contribution in [0.4, 0.5) is 0 Å². The zero-order chi connectivity index (χ0) is 18.5. The van der Waals surface area contributed by atoms with Gasteiger partial charge < -0.3 is 29.7 Å². The molecule has 0 aromatic rings. The topological polar surface area (TPSA) is 163 Å². The van der Waals surface area contributed by atoms with Gasteiger partial charge in [-0.3, -0.25) is 10.1 Å². The maximum Gasteiger partial charge on any atom is 0.333 e. The van der Waals surface area contributed by atoms with Crippen LogP contribution in [-0.2, 0) is 28.7 Å². The van der Waals surface area contributed by atoms with Gasteiger partial charge in [0, 0.05) is 19.5 Å². The van der Waals surface area contributed by atoms with Crippen LogP contribution in [-0.4, -0.2) is 95.6 Å². The molecule has 0 saturated carbocycles. The summed E-state index contributed by atoms with van der Waals surface area (Å²) < 4.78 is 10.2. The molecule has 0 rings (SSSR count). The number of hydrogen-bond acceptors (Lipinski definition) is 8. The molecule has 11 heteroatoms. The molecule has 0 spiro atoms. The lowest BCUT2D eigenvalue weighted by Gasteiger charge is -2.19. The van der Waals surface area contributed by atoms with Crippen molar-refractivity contribution in [3.8, 4) is 0 Å². The van der Waals surface area contributed by atoms with Crippen LogP contribution in [0.25, 0.3) is 0 Å². The summed E-state index contributed by atoms with van der Waals surface area (Å²) in [6, 6.07) is 0. The van der Waals surface area contributed by atoms with Crippen molar-refractivity contribution in [2.24, 2.45) is 0 Å². The van der Waals surface area contributed by atoms with E-state index < -0.39 is 36.5 Å². The van der Waals surface area contributed by atoms with Crippen LogP contribution in [0.1, 0.15) is 12.8 Å². The average molecular weight is 353 g/mol. The highest BCUT2D eigenvalue weighted by atomic mass is 17.1. The molecule has 0 fully saturated rings. The molecular weight excluding hydrogens is 330 g/mol. The summed E-state index contributed by atoms with van der Waals surface area (Å²) in [6.45, 7) is 0.590. The van der Waals surface area contributed by atoms with E-state index in [1.54, 1.807) is 11.9 Å². The number of aliphatic carboxylic acids is 3. The number of carboxylic acids is 3. The number of ether oxygens (including phenoxy) is 2. The molecule has 2 atom stereocenters. The summed E-state index contributed by atoms with van der Waals surface area (Å²) in [6.07, 6.45) is -3.15. The van der Waals surface area contributed by atoms with E-state index in [0.717, 1.165) is 0 Å². The molecule has 0 aromatic carbocycles. The van der Waals surface area contributed by atoms with E-state index in [-0.39, 0.29) is 26.2 Å². The molecule has 0 amide bonds. The van der Waals surface area contributed by atoms with E-state index in [1.165, 1.54) is 0 Å². The van der Waals surface area contributed by atoms with Crippen molar-refractivity contribution >= 4 is 17.9 Å². The van der Waals surface area contributed by atoms with Crippen LogP contribution < -0.4 is 0 Å². The molecule has 2 unspecified atom stereocenters. The van der Waals surface area contributed by atoms with Gasteiger partial charge in [-0.2, -0.15) is 0 Å². The van der Waals surface area contributed by atoms with Crippen molar-refractivity contribution in [2.45, 2.75) is 25.0 Å². The molecule has 4 N–H and O–H groups in total. The molecule has 0 aliphatic heterocycles. The number of carbonyl (C=O) groups is 3. The molecule has 0 saturated heterocycles. The Hall–Kier alpha value is -1.79. The maximum absolute atomic E-state index is 10.9. The largest absolute Gasteiger partial charge is 0.481 e. The summed E-state index contributed by atoms with van der Waals surface area (Å²) in [4.78, 5) is 37.7. The van der Waals surface area contributed by atoms with Gasteiger partial charge in [0.1, 0.15) is 0 Å². The lowest BCUT2D eigenvalue weighted by Crippen LogP contribution is -2.34. The van der Waals surface area contributed by atoms with Gasteiger partial charge in [0.2, 0.25) is 0 Å². The number of likely N-dealkylation sites (N-methyl/N-ethyl adjacent to an activating group) is 1. The van der Waals surface area contributed by atoms with Crippen LogP contribution >= 0.6 is 0 Å². The highest BCUT2D eigenvalue weighted by molar-refractivity contribution is 5.79. The van der Waals surface area contributed by atoms with E-state index >= 15 is 0 Å². The zero-order valence-electron chi connectivity index (χ0n) is 13.3. The summed E-state index contributed by atoms with van der Waals surface area (Å²) in [7, 11) is 1.69. The monoisotopic (exact) mass is 353 g/mol. The van der Waals surface area contributed by atoms with E-state index in [4.69, 9.17) is 30.1 Å². The fraction of sp³-hybridized carbons (Fsp3) is 0.769. The maximum atomic E-state index is 10.9. The predicted octanol–water partition coefficient (Wildman–Crippen LogP) is -0.788. The third kappa shape index (κ3) is 10.9. The molecule has 11 nitrogen and oxygen atoms in total. The molecule has 0 heterocycles. The lowest BCUT2D eigenvalue weighted by molar-refractivity contribution is -0.246. The molecule has 0 aliphatic carbocycles. The quantitative estimate of drug-likeness (QED) is 0.215. The Bertz CT molecular complexity index is 402. The summed E-state index contributed by atoms with van der Waals surface area (Å²) >= 11 is 0. The third-order valence-electron chi connectivity index (χ3n) is 2.97. The minimum Gasteiger partial charge on any atom is -0.481 e. The minimum atomic E-state index is -1.41. The highest BCUT2D eigenvalue weighted by Gasteiger charge is 2.22. The first-order chi connectivity index (χ1) is 11.3. The van der Waals surface area contributed by atoms with Crippen molar-refractivity contribution in [2.75, 3.05) is 40.0 Å². The van der Waals surface area contributed by atoms with Crippen LogP contribution in [0.3, 0.4) is 0 Å². The van der Waals surface area contributed by atoms with Crippen molar-refractivity contribution in [3.63, 3.8) is 0 Å². The summed E-state index contributed by atoms with van der Waals surface area (Å²) in [5.41, 5.74) is 0. The van der Waals surface area contributed by atoms with Crippen molar-refractivity contribution in [1.82, 2.24) is 4.90 Å². The van der Waals surface area contributed by atoms with Gasteiger partial charge in [-0.25, -0.2) is 14.5 Å². The lowest BCUT2D eigenvalue weighted by atomic mass is 10.2. The van der Waals surface area contributed by atoms with E-state index in [2.05, 4.69) is 4.89 Å². The Kier molecular flexibility index (Phi) is 11.7. The Morgan fingerprint density at radius 3 is 1.83 bits per heavy atom. The predicted molar refractivity (Wildman–Crippen MR) is 77.7 cm³/mol. The van der Waals surface area contributed by atoms with Gasteiger partial charge >= 0.3 is 17.9 Å². The minimum absolute atomic E-state index is 0.00145. The molecule has 0 aromatic heterocycles. The Morgan fingerprint density at radius 1 is 0.917 bits per heavy atom. The SMILES string of the molecule is CN(CCOC(CCOO)C(=O)O)CCOC(CC(=O)O)C(=O)O. The van der Waals surface area contributed by atoms with Crippen LogP contribution in [0.15, 0.2) is 0 Å². The second-order valence-corrected chi connectivity index (χ2v) is 4.92. The molecule has 0 aliphatic rings. The Balaban J connectivity index is 4.00. The molecule has 0 bridgehead atoms.